The summed E-state index contributed by atoms with van der Waals surface area (Å²) in [5.41, 5.74) is 1.93. The van der Waals surface area contributed by atoms with Crippen LogP contribution in [-0.2, 0) is 9.53 Å². The maximum Gasteiger partial charge on any atom is 0.227 e. The molecule has 142 valence electrons. The highest BCUT2D eigenvalue weighted by Crippen LogP contribution is 2.31. The molecule has 0 aromatic rings. The number of allylic oxidation sites excluding steroid dienone is 5. The maximum atomic E-state index is 12.7. The van der Waals surface area contributed by atoms with Crippen molar-refractivity contribution < 1.29 is 9.53 Å². The molecule has 1 amide bonds. The van der Waals surface area contributed by atoms with E-state index in [1.54, 1.807) is 13.2 Å². The second kappa shape index (κ2) is 11.4. The highest BCUT2D eigenvalue weighted by atomic mass is 35.5. The first-order valence-electron chi connectivity index (χ1n) is 9.51. The molecule has 4 heteroatoms. The molecule has 1 rings (SSSR count). The molecule has 3 nitrogen and oxygen atoms in total. The molecule has 1 aliphatic rings. The van der Waals surface area contributed by atoms with E-state index in [4.69, 9.17) is 16.3 Å². The summed E-state index contributed by atoms with van der Waals surface area (Å²) in [6.07, 6.45) is 11.5. The monoisotopic (exact) mass is 367 g/mol. The lowest BCUT2D eigenvalue weighted by molar-refractivity contribution is -0.125. The van der Waals surface area contributed by atoms with Gasteiger partial charge in [0, 0.05) is 11.6 Å². The summed E-state index contributed by atoms with van der Waals surface area (Å²) >= 11 is 6.27. The molecule has 1 N–H and O–H groups in total. The van der Waals surface area contributed by atoms with E-state index in [9.17, 15) is 4.79 Å². The molecule has 1 saturated carbocycles. The molecular formula is C21H34ClNO2. The van der Waals surface area contributed by atoms with Crippen LogP contribution in [0.1, 0.15) is 72.6 Å². The standard InChI is InChI=1S/C21H34ClNO2/c1-6-8-17-9-11-18(12-10-17)21(24)23-19(13-15(3)7-2)14-20(22)16(4)25-5/h13-14,17-18H,6-12H2,1-5H3,(H,23,24)/b15-13?,19-14+,20-16-. The summed E-state index contributed by atoms with van der Waals surface area (Å²) in [5.74, 6) is 1.66. The second-order valence-electron chi connectivity index (χ2n) is 7.05. The zero-order chi connectivity index (χ0) is 18.8. The van der Waals surface area contributed by atoms with E-state index in [0.717, 1.165) is 43.7 Å². The van der Waals surface area contributed by atoms with Crippen molar-refractivity contribution in [1.82, 2.24) is 5.32 Å². The number of rotatable bonds is 8. The van der Waals surface area contributed by atoms with E-state index in [2.05, 4.69) is 26.1 Å². The third-order valence-electron chi connectivity index (χ3n) is 5.07. The van der Waals surface area contributed by atoms with Gasteiger partial charge in [0.1, 0.15) is 5.76 Å². The third kappa shape index (κ3) is 7.68. The molecule has 0 spiro atoms. The molecule has 1 aliphatic carbocycles. The van der Waals surface area contributed by atoms with Gasteiger partial charge in [-0.15, -0.1) is 0 Å². The molecule has 0 aromatic heterocycles. The SMILES string of the molecule is CCCC1CCC(C(=O)N/C(C=C(C)CC)=C/C(Cl)=C(\C)OC)CC1. The van der Waals surface area contributed by atoms with Gasteiger partial charge in [-0.3, -0.25) is 4.79 Å². The molecule has 0 saturated heterocycles. The van der Waals surface area contributed by atoms with Gasteiger partial charge in [-0.1, -0.05) is 43.9 Å². The maximum absolute atomic E-state index is 12.7. The Hall–Kier alpha value is -1.22. The van der Waals surface area contributed by atoms with Gasteiger partial charge in [0.15, 0.2) is 0 Å². The molecule has 0 aromatic carbocycles. The van der Waals surface area contributed by atoms with Crippen LogP contribution >= 0.6 is 11.6 Å². The Morgan fingerprint density at radius 2 is 1.80 bits per heavy atom. The van der Waals surface area contributed by atoms with Crippen molar-refractivity contribution >= 4 is 17.5 Å². The van der Waals surface area contributed by atoms with Gasteiger partial charge in [0.25, 0.3) is 0 Å². The number of carbonyl (C=O) groups excluding carboxylic acids is 1. The molecule has 0 heterocycles. The Balaban J connectivity index is 2.81. The minimum Gasteiger partial charge on any atom is -0.500 e. The Labute approximate surface area is 158 Å². The van der Waals surface area contributed by atoms with Crippen LogP contribution in [0.2, 0.25) is 0 Å². The van der Waals surface area contributed by atoms with Gasteiger partial charge >= 0.3 is 0 Å². The largest absolute Gasteiger partial charge is 0.500 e. The lowest BCUT2D eigenvalue weighted by atomic mass is 9.79. The Morgan fingerprint density at radius 1 is 1.16 bits per heavy atom. The summed E-state index contributed by atoms with van der Waals surface area (Å²) in [6, 6.07) is 0. The number of halogens is 1. The average molecular weight is 368 g/mol. The zero-order valence-corrected chi connectivity index (χ0v) is 17.2. The van der Waals surface area contributed by atoms with Gasteiger partial charge in [-0.2, -0.15) is 0 Å². The van der Waals surface area contributed by atoms with E-state index in [0.29, 0.717) is 10.8 Å². The second-order valence-corrected chi connectivity index (χ2v) is 7.45. The summed E-state index contributed by atoms with van der Waals surface area (Å²) in [6.45, 7) is 8.19. The highest BCUT2D eigenvalue weighted by Gasteiger charge is 2.26. The van der Waals surface area contributed by atoms with Crippen molar-refractivity contribution in [2.24, 2.45) is 11.8 Å². The first kappa shape index (κ1) is 21.8. The van der Waals surface area contributed by atoms with Gasteiger partial charge in [-0.25, -0.2) is 0 Å². The number of methoxy groups -OCH3 is 1. The minimum absolute atomic E-state index is 0.109. The van der Waals surface area contributed by atoms with Gasteiger partial charge in [0.2, 0.25) is 5.91 Å². The van der Waals surface area contributed by atoms with Gasteiger partial charge in [-0.05, 0) is 64.0 Å². The van der Waals surface area contributed by atoms with Crippen LogP contribution < -0.4 is 5.32 Å². The van der Waals surface area contributed by atoms with Crippen LogP contribution in [0.5, 0.6) is 0 Å². The number of hydrogen-bond donors (Lipinski definition) is 1. The predicted molar refractivity (Wildman–Crippen MR) is 106 cm³/mol. The quantitative estimate of drug-likeness (QED) is 0.418. The third-order valence-corrected chi connectivity index (χ3v) is 5.44. The molecule has 0 radical (unpaired) electrons. The van der Waals surface area contributed by atoms with Gasteiger partial charge < -0.3 is 10.1 Å². The van der Waals surface area contributed by atoms with Crippen LogP contribution in [0, 0.1) is 11.8 Å². The van der Waals surface area contributed by atoms with Gasteiger partial charge in [0.05, 0.1) is 12.1 Å². The molecule has 0 aliphatic heterocycles. The molecule has 0 atom stereocenters. The first-order valence-corrected chi connectivity index (χ1v) is 9.89. The van der Waals surface area contributed by atoms with Crippen molar-refractivity contribution in [3.8, 4) is 0 Å². The number of ether oxygens (including phenoxy) is 1. The van der Waals surface area contributed by atoms with Crippen LogP contribution in [0.15, 0.2) is 34.2 Å². The lowest BCUT2D eigenvalue weighted by Crippen LogP contribution is -2.32. The van der Waals surface area contributed by atoms with Crippen LogP contribution in [0.3, 0.4) is 0 Å². The summed E-state index contributed by atoms with van der Waals surface area (Å²) in [7, 11) is 1.59. The number of amides is 1. The summed E-state index contributed by atoms with van der Waals surface area (Å²) in [5, 5.41) is 3.58. The fraction of sp³-hybridized carbons (Fsp3) is 0.667. The van der Waals surface area contributed by atoms with Crippen molar-refractivity contribution in [2.45, 2.75) is 72.6 Å². The van der Waals surface area contributed by atoms with Crippen LogP contribution in [0.4, 0.5) is 0 Å². The molecule has 0 bridgehead atoms. The summed E-state index contributed by atoms with van der Waals surface area (Å²) in [4.78, 5) is 12.7. The fourth-order valence-electron chi connectivity index (χ4n) is 3.18. The minimum atomic E-state index is 0.109. The number of nitrogens with one attached hydrogen (secondary N) is 1. The smallest absolute Gasteiger partial charge is 0.227 e. The molecule has 0 unspecified atom stereocenters. The van der Waals surface area contributed by atoms with E-state index in [1.165, 1.54) is 18.4 Å². The number of hydrogen-bond acceptors (Lipinski definition) is 2. The predicted octanol–water partition coefficient (Wildman–Crippen LogP) is 6.07. The summed E-state index contributed by atoms with van der Waals surface area (Å²) < 4.78 is 5.17. The van der Waals surface area contributed by atoms with E-state index in [1.807, 2.05) is 13.0 Å². The van der Waals surface area contributed by atoms with E-state index >= 15 is 0 Å². The molecular weight excluding hydrogens is 334 g/mol. The van der Waals surface area contributed by atoms with Crippen molar-refractivity contribution in [1.29, 1.82) is 0 Å². The average Bonchev–Trinajstić information content (AvgIpc) is 2.61. The fourth-order valence-corrected chi connectivity index (χ4v) is 3.38. The van der Waals surface area contributed by atoms with Crippen LogP contribution in [0.25, 0.3) is 0 Å². The van der Waals surface area contributed by atoms with Crippen molar-refractivity contribution in [3.63, 3.8) is 0 Å². The zero-order valence-electron chi connectivity index (χ0n) is 16.5. The molecule has 1 fully saturated rings. The molecule has 25 heavy (non-hydrogen) atoms. The van der Waals surface area contributed by atoms with E-state index < -0.39 is 0 Å². The first-order chi connectivity index (χ1) is 11.9. The van der Waals surface area contributed by atoms with Crippen molar-refractivity contribution in [2.75, 3.05) is 7.11 Å². The lowest BCUT2D eigenvalue weighted by Gasteiger charge is -2.27. The Morgan fingerprint density at radius 3 is 2.32 bits per heavy atom. The topological polar surface area (TPSA) is 38.3 Å². The highest BCUT2D eigenvalue weighted by molar-refractivity contribution is 6.31. The Bertz CT molecular complexity index is 526. The van der Waals surface area contributed by atoms with Crippen molar-refractivity contribution in [3.05, 3.63) is 34.2 Å². The Kier molecular flexibility index (Phi) is 9.96. The van der Waals surface area contributed by atoms with E-state index in [-0.39, 0.29) is 11.8 Å². The number of carbonyl (C=O) groups is 1. The normalized spacial score (nSPS) is 23.1. The van der Waals surface area contributed by atoms with Crippen LogP contribution in [-0.4, -0.2) is 13.0 Å².